The summed E-state index contributed by atoms with van der Waals surface area (Å²) in [6.07, 6.45) is 5.04. The summed E-state index contributed by atoms with van der Waals surface area (Å²) in [6.45, 7) is 2.36. The monoisotopic (exact) mass is 305 g/mol. The van der Waals surface area contributed by atoms with E-state index in [0.717, 1.165) is 35.5 Å². The van der Waals surface area contributed by atoms with E-state index in [1.165, 1.54) is 0 Å². The van der Waals surface area contributed by atoms with Crippen molar-refractivity contribution in [2.75, 3.05) is 13.2 Å². The topological polar surface area (TPSA) is 69.2 Å². The molecule has 2 N–H and O–H groups in total. The van der Waals surface area contributed by atoms with Gasteiger partial charge in [0.2, 0.25) is 0 Å². The summed E-state index contributed by atoms with van der Waals surface area (Å²) in [6, 6.07) is 2.12. The molecule has 0 atom stereocenters. The summed E-state index contributed by atoms with van der Waals surface area (Å²) in [7, 11) is 0. The van der Waals surface area contributed by atoms with Gasteiger partial charge < -0.3 is 15.0 Å². The van der Waals surface area contributed by atoms with E-state index in [1.54, 1.807) is 16.2 Å². The van der Waals surface area contributed by atoms with E-state index in [1.807, 2.05) is 24.6 Å². The van der Waals surface area contributed by atoms with Crippen LogP contribution in [0.2, 0.25) is 0 Å². The minimum absolute atomic E-state index is 0.00108. The van der Waals surface area contributed by atoms with Gasteiger partial charge in [-0.15, -0.1) is 11.3 Å². The zero-order chi connectivity index (χ0) is 14.8. The number of amides is 1. The first-order valence-corrected chi connectivity index (χ1v) is 8.09. The Hall–Kier alpha value is -1.66. The number of nitrogens with zero attached hydrogens (tertiary/aromatic N) is 2. The van der Waals surface area contributed by atoms with E-state index in [-0.39, 0.29) is 18.6 Å². The van der Waals surface area contributed by atoms with Crippen molar-refractivity contribution in [3.8, 4) is 11.3 Å². The molecule has 0 saturated heterocycles. The van der Waals surface area contributed by atoms with Gasteiger partial charge in [0.1, 0.15) is 5.69 Å². The number of aliphatic hydroxyl groups is 1. The molecule has 0 spiro atoms. The van der Waals surface area contributed by atoms with Crippen LogP contribution in [0, 0.1) is 6.92 Å². The van der Waals surface area contributed by atoms with Crippen LogP contribution in [0.15, 0.2) is 17.6 Å². The van der Waals surface area contributed by atoms with Crippen LogP contribution in [0.5, 0.6) is 0 Å². The number of carbonyl (C=O) groups is 1. The molecule has 2 heterocycles. The largest absolute Gasteiger partial charge is 0.395 e. The molecule has 112 valence electrons. The normalized spacial score (nSPS) is 15.0. The Labute approximate surface area is 127 Å². The second-order valence-electron chi connectivity index (χ2n) is 5.36. The van der Waals surface area contributed by atoms with Gasteiger partial charge in [-0.25, -0.2) is 4.98 Å². The zero-order valence-corrected chi connectivity index (χ0v) is 12.8. The fourth-order valence-corrected chi connectivity index (χ4v) is 3.19. The highest BCUT2D eigenvalue weighted by atomic mass is 32.1. The summed E-state index contributed by atoms with van der Waals surface area (Å²) in [5.74, 6) is -0.0352. The van der Waals surface area contributed by atoms with Gasteiger partial charge in [0.15, 0.2) is 0 Å². The van der Waals surface area contributed by atoms with Crippen molar-refractivity contribution in [3.63, 3.8) is 0 Å². The molecule has 1 aliphatic carbocycles. The Morgan fingerprint density at radius 3 is 2.95 bits per heavy atom. The Kier molecular flexibility index (Phi) is 4.07. The lowest BCUT2D eigenvalue weighted by atomic mass is 9.91. The highest BCUT2D eigenvalue weighted by Crippen LogP contribution is 2.27. The molecule has 1 amide bonds. The number of hydrogen-bond acceptors (Lipinski definition) is 4. The predicted molar refractivity (Wildman–Crippen MR) is 82.4 cm³/mol. The maximum absolute atomic E-state index is 12.6. The fraction of sp³-hybridized carbons (Fsp3) is 0.467. The third kappa shape index (κ3) is 2.87. The van der Waals surface area contributed by atoms with Crippen molar-refractivity contribution in [3.05, 3.63) is 28.3 Å². The number of aryl methyl sites for hydroxylation is 1. The lowest BCUT2D eigenvalue weighted by molar-refractivity contribution is 0.0520. The van der Waals surface area contributed by atoms with Crippen LogP contribution in [-0.2, 0) is 0 Å². The van der Waals surface area contributed by atoms with Gasteiger partial charge in [0.25, 0.3) is 5.91 Å². The van der Waals surface area contributed by atoms with E-state index in [9.17, 15) is 9.90 Å². The summed E-state index contributed by atoms with van der Waals surface area (Å²) in [5.41, 5.74) is 2.39. The number of aromatic nitrogens is 2. The molecule has 1 fully saturated rings. The molecule has 2 aromatic heterocycles. The molecular weight excluding hydrogens is 286 g/mol. The molecule has 5 nitrogen and oxygen atoms in total. The van der Waals surface area contributed by atoms with Crippen LogP contribution in [0.3, 0.4) is 0 Å². The molecule has 0 bridgehead atoms. The third-order valence-electron chi connectivity index (χ3n) is 3.95. The number of rotatable bonds is 5. The fourth-order valence-electron chi connectivity index (χ4n) is 2.57. The lowest BCUT2D eigenvalue weighted by Crippen LogP contribution is -2.45. The van der Waals surface area contributed by atoms with Crippen molar-refractivity contribution < 1.29 is 9.90 Å². The van der Waals surface area contributed by atoms with Crippen LogP contribution in [-0.4, -0.2) is 45.1 Å². The van der Waals surface area contributed by atoms with Crippen molar-refractivity contribution >= 4 is 17.2 Å². The standard InChI is InChI=1S/C15H19N3O2S/c1-10-17-14(9-21-10)11-7-13(16-8-11)15(20)18(5-6-19)12-3-2-4-12/h7-9,12,16,19H,2-6H2,1H3. The van der Waals surface area contributed by atoms with Crippen LogP contribution in [0.1, 0.15) is 34.8 Å². The van der Waals surface area contributed by atoms with Gasteiger partial charge in [-0.2, -0.15) is 0 Å². The van der Waals surface area contributed by atoms with E-state index in [2.05, 4.69) is 9.97 Å². The van der Waals surface area contributed by atoms with Crippen molar-refractivity contribution in [1.29, 1.82) is 0 Å². The second kappa shape index (κ2) is 5.99. The maximum atomic E-state index is 12.6. The Bertz CT molecular complexity index is 630. The highest BCUT2D eigenvalue weighted by molar-refractivity contribution is 7.09. The molecule has 1 saturated carbocycles. The molecule has 0 aromatic carbocycles. The van der Waals surface area contributed by atoms with E-state index < -0.39 is 0 Å². The molecule has 6 heteroatoms. The van der Waals surface area contributed by atoms with E-state index >= 15 is 0 Å². The first-order valence-electron chi connectivity index (χ1n) is 7.22. The van der Waals surface area contributed by atoms with Crippen molar-refractivity contribution in [1.82, 2.24) is 14.9 Å². The number of nitrogens with one attached hydrogen (secondary N) is 1. The second-order valence-corrected chi connectivity index (χ2v) is 6.42. The van der Waals surface area contributed by atoms with Gasteiger partial charge >= 0.3 is 0 Å². The number of carbonyl (C=O) groups excluding carboxylic acids is 1. The van der Waals surface area contributed by atoms with Crippen LogP contribution in [0.25, 0.3) is 11.3 Å². The number of aromatic amines is 1. The molecular formula is C15H19N3O2S. The average molecular weight is 305 g/mol. The first kappa shape index (κ1) is 14.3. The van der Waals surface area contributed by atoms with Gasteiger partial charge in [-0.05, 0) is 32.3 Å². The van der Waals surface area contributed by atoms with Gasteiger partial charge in [0.05, 0.1) is 17.3 Å². The Morgan fingerprint density at radius 2 is 2.38 bits per heavy atom. The highest BCUT2D eigenvalue weighted by Gasteiger charge is 2.29. The van der Waals surface area contributed by atoms with Crippen LogP contribution >= 0.6 is 11.3 Å². The SMILES string of the molecule is Cc1nc(-c2c[nH]c(C(=O)N(CCO)C3CCC3)c2)cs1. The quantitative estimate of drug-likeness (QED) is 0.891. The van der Waals surface area contributed by atoms with E-state index in [4.69, 9.17) is 0 Å². The molecule has 0 aliphatic heterocycles. The number of H-pyrrole nitrogens is 1. The minimum Gasteiger partial charge on any atom is -0.395 e. The van der Waals surface area contributed by atoms with E-state index in [0.29, 0.717) is 12.2 Å². The summed E-state index contributed by atoms with van der Waals surface area (Å²) in [4.78, 5) is 21.8. The van der Waals surface area contributed by atoms with Crippen molar-refractivity contribution in [2.24, 2.45) is 0 Å². The molecule has 0 radical (unpaired) electrons. The van der Waals surface area contributed by atoms with Gasteiger partial charge in [-0.1, -0.05) is 0 Å². The molecule has 2 aromatic rings. The van der Waals surface area contributed by atoms with Gasteiger partial charge in [-0.3, -0.25) is 4.79 Å². The average Bonchev–Trinajstić information content (AvgIpc) is 3.03. The molecule has 0 unspecified atom stereocenters. The van der Waals surface area contributed by atoms with Crippen LogP contribution < -0.4 is 0 Å². The third-order valence-corrected chi connectivity index (χ3v) is 4.72. The number of aliphatic hydroxyl groups excluding tert-OH is 1. The predicted octanol–water partition coefficient (Wildman–Crippen LogP) is 2.43. The number of thiazole rings is 1. The summed E-state index contributed by atoms with van der Waals surface area (Å²) < 4.78 is 0. The van der Waals surface area contributed by atoms with Crippen molar-refractivity contribution in [2.45, 2.75) is 32.2 Å². The maximum Gasteiger partial charge on any atom is 0.270 e. The molecule has 21 heavy (non-hydrogen) atoms. The number of hydrogen-bond donors (Lipinski definition) is 2. The van der Waals surface area contributed by atoms with Gasteiger partial charge in [0, 0.05) is 29.7 Å². The Balaban J connectivity index is 1.79. The lowest BCUT2D eigenvalue weighted by Gasteiger charge is -2.37. The minimum atomic E-state index is -0.0352. The first-order chi connectivity index (χ1) is 10.2. The molecule has 3 rings (SSSR count). The summed E-state index contributed by atoms with van der Waals surface area (Å²) >= 11 is 1.60. The van der Waals surface area contributed by atoms with Crippen LogP contribution in [0.4, 0.5) is 0 Å². The molecule has 1 aliphatic rings. The zero-order valence-electron chi connectivity index (χ0n) is 12.0. The smallest absolute Gasteiger partial charge is 0.270 e. The summed E-state index contributed by atoms with van der Waals surface area (Å²) in [5, 5.41) is 12.2. The Morgan fingerprint density at radius 1 is 1.57 bits per heavy atom.